The van der Waals surface area contributed by atoms with Crippen LogP contribution >= 0.6 is 27.5 Å². The van der Waals surface area contributed by atoms with Gasteiger partial charge in [-0.1, -0.05) is 0 Å². The first-order valence-corrected chi connectivity index (χ1v) is 8.56. The molecule has 1 aliphatic heterocycles. The van der Waals surface area contributed by atoms with Gasteiger partial charge >= 0.3 is 6.18 Å². The molecule has 0 radical (unpaired) electrons. The lowest BCUT2D eigenvalue weighted by atomic mass is 9.95. The van der Waals surface area contributed by atoms with Gasteiger partial charge in [-0.2, -0.15) is 18.2 Å². The molecule has 1 saturated heterocycles. The lowest BCUT2D eigenvalue weighted by Crippen LogP contribution is -2.46. The highest BCUT2D eigenvalue weighted by Crippen LogP contribution is 2.41. The molecule has 1 N–H and O–H groups in total. The maximum Gasteiger partial charge on any atom is 0.417 e. The SMILES string of the molecule is C[C@@]1(O)CCCN(c2nc(Cl)nc3c(F)c(Br)c(C(F)(F)F)cc23)C1. The summed E-state index contributed by atoms with van der Waals surface area (Å²) >= 11 is 8.50. The van der Waals surface area contributed by atoms with Gasteiger partial charge in [0, 0.05) is 18.5 Å². The minimum absolute atomic E-state index is 0.0758. The Morgan fingerprint density at radius 1 is 1.36 bits per heavy atom. The van der Waals surface area contributed by atoms with Gasteiger partial charge in [0.15, 0.2) is 5.82 Å². The van der Waals surface area contributed by atoms with Crippen LogP contribution in [0.25, 0.3) is 10.9 Å². The summed E-state index contributed by atoms with van der Waals surface area (Å²) < 4.78 is 53.4. The highest BCUT2D eigenvalue weighted by atomic mass is 79.9. The Kier molecular flexibility index (Phi) is 4.62. The van der Waals surface area contributed by atoms with Gasteiger partial charge in [-0.05, 0) is 53.4 Å². The number of β-amino-alcohol motifs (C(OH)–C–C–N with tert-alkyl or cyclic N) is 1. The van der Waals surface area contributed by atoms with Gasteiger partial charge in [0.05, 0.1) is 15.6 Å². The fourth-order valence-corrected chi connectivity index (χ4v) is 3.70. The number of anilines is 1. The quantitative estimate of drug-likeness (QED) is 0.520. The summed E-state index contributed by atoms with van der Waals surface area (Å²) in [5.74, 6) is -1.08. The van der Waals surface area contributed by atoms with E-state index in [2.05, 4.69) is 25.9 Å². The molecule has 1 atom stereocenters. The van der Waals surface area contributed by atoms with E-state index in [9.17, 15) is 22.7 Å². The monoisotopic (exact) mass is 441 g/mol. The Hall–Kier alpha value is -1.19. The van der Waals surface area contributed by atoms with Gasteiger partial charge in [0.1, 0.15) is 11.3 Å². The largest absolute Gasteiger partial charge is 0.417 e. The van der Waals surface area contributed by atoms with Crippen molar-refractivity contribution in [1.82, 2.24) is 9.97 Å². The first kappa shape index (κ1) is 18.6. The summed E-state index contributed by atoms with van der Waals surface area (Å²) in [5.41, 5.74) is -2.49. The molecule has 0 amide bonds. The smallest absolute Gasteiger partial charge is 0.388 e. The second-order valence-corrected chi connectivity index (χ2v) is 7.42. The van der Waals surface area contributed by atoms with Crippen molar-refractivity contribution >= 4 is 44.3 Å². The number of rotatable bonds is 1. The van der Waals surface area contributed by atoms with Crippen molar-refractivity contribution in [2.45, 2.75) is 31.5 Å². The molecule has 136 valence electrons. The van der Waals surface area contributed by atoms with Crippen molar-refractivity contribution < 1.29 is 22.7 Å². The number of fused-ring (bicyclic) bond motifs is 1. The third-order valence-electron chi connectivity index (χ3n) is 4.10. The number of hydrogen-bond donors (Lipinski definition) is 1. The molecule has 0 bridgehead atoms. The number of hydrogen-bond acceptors (Lipinski definition) is 4. The van der Waals surface area contributed by atoms with Crippen LogP contribution < -0.4 is 4.90 Å². The Labute approximate surface area is 153 Å². The normalized spacial score (nSPS) is 21.8. The lowest BCUT2D eigenvalue weighted by Gasteiger charge is -2.38. The molecule has 4 nitrogen and oxygen atoms in total. The molecule has 1 fully saturated rings. The van der Waals surface area contributed by atoms with Crippen LogP contribution in [0.3, 0.4) is 0 Å². The summed E-state index contributed by atoms with van der Waals surface area (Å²) in [4.78, 5) is 9.35. The molecule has 3 rings (SSSR count). The lowest BCUT2D eigenvalue weighted by molar-refractivity contribution is -0.138. The Bertz CT molecular complexity index is 844. The average Bonchev–Trinajstić information content (AvgIpc) is 2.48. The predicted molar refractivity (Wildman–Crippen MR) is 89.3 cm³/mol. The molecule has 10 heteroatoms. The molecule has 25 heavy (non-hydrogen) atoms. The molecule has 1 aliphatic rings. The highest BCUT2D eigenvalue weighted by Gasteiger charge is 2.37. The van der Waals surface area contributed by atoms with E-state index in [1.165, 1.54) is 0 Å². The fourth-order valence-electron chi connectivity index (χ4n) is 3.01. The number of halogens is 6. The standard InChI is InChI=1S/C15H13BrClF4N3O/c1-14(25)3-2-4-24(6-14)12-7-5-8(15(19,20)21)9(16)10(18)11(7)22-13(17)23-12/h5,25H,2-4,6H2,1H3/t14-/m1/s1. The maximum atomic E-state index is 14.5. The number of aliphatic hydroxyl groups is 1. The highest BCUT2D eigenvalue weighted by molar-refractivity contribution is 9.10. The van der Waals surface area contributed by atoms with Crippen LogP contribution in [0.1, 0.15) is 25.3 Å². The molecule has 1 aromatic carbocycles. The van der Waals surface area contributed by atoms with Gasteiger partial charge in [-0.25, -0.2) is 9.37 Å². The van der Waals surface area contributed by atoms with Crippen LogP contribution in [0.5, 0.6) is 0 Å². The van der Waals surface area contributed by atoms with Gasteiger partial charge in [0.2, 0.25) is 5.28 Å². The summed E-state index contributed by atoms with van der Waals surface area (Å²) in [7, 11) is 0. The number of piperidine rings is 1. The molecule has 0 spiro atoms. The third kappa shape index (κ3) is 3.54. The third-order valence-corrected chi connectivity index (χ3v) is 5.05. The average molecular weight is 443 g/mol. The second kappa shape index (κ2) is 6.21. The number of aromatic nitrogens is 2. The first-order valence-electron chi connectivity index (χ1n) is 7.39. The van der Waals surface area contributed by atoms with E-state index in [-0.39, 0.29) is 28.5 Å². The zero-order valence-corrected chi connectivity index (χ0v) is 15.3. The van der Waals surface area contributed by atoms with Crippen molar-refractivity contribution in [1.29, 1.82) is 0 Å². The number of nitrogens with zero attached hydrogens (tertiary/aromatic N) is 3. The van der Waals surface area contributed by atoms with Crippen LogP contribution in [0, 0.1) is 5.82 Å². The van der Waals surface area contributed by atoms with E-state index in [0.717, 1.165) is 6.07 Å². The van der Waals surface area contributed by atoms with Crippen LogP contribution in [-0.4, -0.2) is 33.8 Å². The minimum atomic E-state index is -4.75. The summed E-state index contributed by atoms with van der Waals surface area (Å²) in [5, 5.41) is 9.87. The van der Waals surface area contributed by atoms with E-state index in [0.29, 0.717) is 19.4 Å². The second-order valence-electron chi connectivity index (χ2n) is 6.28. The van der Waals surface area contributed by atoms with E-state index in [4.69, 9.17) is 11.6 Å². The van der Waals surface area contributed by atoms with Gasteiger partial charge < -0.3 is 10.0 Å². The zero-order chi connectivity index (χ0) is 18.6. The van der Waals surface area contributed by atoms with Crippen LogP contribution in [0.15, 0.2) is 10.5 Å². The molecular weight excluding hydrogens is 430 g/mol. The van der Waals surface area contributed by atoms with Gasteiger partial charge in [-0.3, -0.25) is 0 Å². The predicted octanol–water partition coefficient (Wildman–Crippen LogP) is 4.55. The number of alkyl halides is 3. The summed E-state index contributed by atoms with van der Waals surface area (Å²) in [6.07, 6.45) is -3.59. The van der Waals surface area contributed by atoms with Crippen molar-refractivity contribution in [3.05, 3.63) is 27.2 Å². The molecule has 0 saturated carbocycles. The van der Waals surface area contributed by atoms with E-state index in [1.54, 1.807) is 11.8 Å². The van der Waals surface area contributed by atoms with Crippen LogP contribution in [0.2, 0.25) is 5.28 Å². The molecule has 0 aliphatic carbocycles. The molecule has 1 aromatic heterocycles. The molecule has 0 unspecified atom stereocenters. The Balaban J connectivity index is 2.27. The van der Waals surface area contributed by atoms with E-state index >= 15 is 0 Å². The zero-order valence-electron chi connectivity index (χ0n) is 13.0. The molecule has 2 aromatic rings. The van der Waals surface area contributed by atoms with Crippen molar-refractivity contribution in [3.63, 3.8) is 0 Å². The van der Waals surface area contributed by atoms with Crippen LogP contribution in [-0.2, 0) is 6.18 Å². The van der Waals surface area contributed by atoms with Crippen molar-refractivity contribution in [2.75, 3.05) is 18.0 Å². The first-order chi connectivity index (χ1) is 11.5. The van der Waals surface area contributed by atoms with Crippen molar-refractivity contribution in [2.24, 2.45) is 0 Å². The van der Waals surface area contributed by atoms with Gasteiger partial charge in [-0.15, -0.1) is 0 Å². The Morgan fingerprint density at radius 2 is 2.04 bits per heavy atom. The van der Waals surface area contributed by atoms with Gasteiger partial charge in [0.25, 0.3) is 0 Å². The van der Waals surface area contributed by atoms with Crippen LogP contribution in [0.4, 0.5) is 23.4 Å². The molecule has 2 heterocycles. The van der Waals surface area contributed by atoms with E-state index < -0.39 is 27.6 Å². The maximum absolute atomic E-state index is 14.5. The topological polar surface area (TPSA) is 49.2 Å². The summed E-state index contributed by atoms with van der Waals surface area (Å²) in [6.45, 7) is 2.23. The Morgan fingerprint density at radius 3 is 2.64 bits per heavy atom. The molecular formula is C15H13BrClF4N3O. The number of benzene rings is 1. The fraction of sp³-hybridized carbons (Fsp3) is 0.467. The van der Waals surface area contributed by atoms with E-state index in [1.807, 2.05) is 0 Å². The summed E-state index contributed by atoms with van der Waals surface area (Å²) in [6, 6.07) is 0.803. The van der Waals surface area contributed by atoms with Crippen molar-refractivity contribution in [3.8, 4) is 0 Å². The minimum Gasteiger partial charge on any atom is -0.388 e.